The van der Waals surface area contributed by atoms with E-state index in [0.717, 1.165) is 5.69 Å². The van der Waals surface area contributed by atoms with Crippen molar-refractivity contribution in [3.8, 4) is 0 Å². The van der Waals surface area contributed by atoms with E-state index in [4.69, 9.17) is 5.73 Å². The van der Waals surface area contributed by atoms with Crippen LogP contribution in [0.4, 0.5) is 10.1 Å². The Balaban J connectivity index is 3.04. The van der Waals surface area contributed by atoms with Crippen molar-refractivity contribution >= 4 is 5.69 Å². The summed E-state index contributed by atoms with van der Waals surface area (Å²) in [4.78, 5) is 2.06. The lowest BCUT2D eigenvalue weighted by molar-refractivity contribution is 0.333. The first-order chi connectivity index (χ1) is 7.41. The van der Waals surface area contributed by atoms with E-state index in [0.29, 0.717) is 12.5 Å². The van der Waals surface area contributed by atoms with Gasteiger partial charge in [-0.2, -0.15) is 0 Å². The molecule has 0 aromatic heterocycles. The molecule has 0 fully saturated rings. The second kappa shape index (κ2) is 4.83. The van der Waals surface area contributed by atoms with Gasteiger partial charge in [-0.15, -0.1) is 0 Å². The van der Waals surface area contributed by atoms with Crippen molar-refractivity contribution in [2.24, 2.45) is 11.7 Å². The van der Waals surface area contributed by atoms with Crippen LogP contribution in [0, 0.1) is 11.7 Å². The minimum absolute atomic E-state index is 0.159. The molecule has 1 atom stereocenters. The van der Waals surface area contributed by atoms with Gasteiger partial charge < -0.3 is 10.6 Å². The molecule has 0 aliphatic heterocycles. The lowest BCUT2D eigenvalue weighted by Gasteiger charge is -2.43. The molecule has 0 bridgehead atoms. The van der Waals surface area contributed by atoms with Gasteiger partial charge in [0, 0.05) is 19.3 Å². The topological polar surface area (TPSA) is 29.3 Å². The molecule has 0 saturated carbocycles. The van der Waals surface area contributed by atoms with Crippen molar-refractivity contribution < 1.29 is 4.39 Å². The highest BCUT2D eigenvalue weighted by Crippen LogP contribution is 2.28. The molecule has 0 aliphatic rings. The molecule has 1 unspecified atom stereocenters. The molecule has 90 valence electrons. The highest BCUT2D eigenvalue weighted by atomic mass is 19.1. The van der Waals surface area contributed by atoms with Crippen LogP contribution in [0.1, 0.15) is 20.8 Å². The molecule has 2 N–H and O–H groups in total. The third-order valence-electron chi connectivity index (χ3n) is 3.62. The Morgan fingerprint density at radius 2 is 2.06 bits per heavy atom. The van der Waals surface area contributed by atoms with Crippen LogP contribution in [0.25, 0.3) is 0 Å². The summed E-state index contributed by atoms with van der Waals surface area (Å²) in [7, 11) is 1.96. The summed E-state index contributed by atoms with van der Waals surface area (Å²) in [5.74, 6) is 0.179. The molecule has 1 rings (SSSR count). The third-order valence-corrected chi connectivity index (χ3v) is 3.62. The number of hydrogen-bond acceptors (Lipinski definition) is 2. The predicted molar refractivity (Wildman–Crippen MR) is 67.1 cm³/mol. The van der Waals surface area contributed by atoms with E-state index in [1.807, 2.05) is 13.1 Å². The maximum atomic E-state index is 13.2. The van der Waals surface area contributed by atoms with E-state index in [1.54, 1.807) is 6.07 Å². The number of halogens is 1. The van der Waals surface area contributed by atoms with E-state index in [-0.39, 0.29) is 11.4 Å². The summed E-state index contributed by atoms with van der Waals surface area (Å²) in [5, 5.41) is 0. The van der Waals surface area contributed by atoms with Crippen LogP contribution in [-0.2, 0) is 0 Å². The molecule has 0 amide bonds. The van der Waals surface area contributed by atoms with Gasteiger partial charge in [-0.3, -0.25) is 0 Å². The largest absolute Gasteiger partial charge is 0.368 e. The van der Waals surface area contributed by atoms with Gasteiger partial charge in [0.15, 0.2) is 0 Å². The molecular weight excluding hydrogens is 203 g/mol. The van der Waals surface area contributed by atoms with E-state index in [1.165, 1.54) is 12.1 Å². The number of nitrogens with zero attached hydrogens (tertiary/aromatic N) is 1. The Morgan fingerprint density at radius 3 is 2.50 bits per heavy atom. The Hall–Kier alpha value is -1.09. The van der Waals surface area contributed by atoms with Crippen molar-refractivity contribution in [2.45, 2.75) is 26.3 Å². The van der Waals surface area contributed by atoms with Crippen molar-refractivity contribution in [1.29, 1.82) is 0 Å². The van der Waals surface area contributed by atoms with Crippen molar-refractivity contribution in [3.05, 3.63) is 30.1 Å². The van der Waals surface area contributed by atoms with E-state index in [9.17, 15) is 4.39 Å². The fourth-order valence-corrected chi connectivity index (χ4v) is 1.74. The van der Waals surface area contributed by atoms with Crippen LogP contribution in [0.2, 0.25) is 0 Å². The molecule has 1 aromatic carbocycles. The average Bonchev–Trinajstić information content (AvgIpc) is 2.26. The Labute approximate surface area is 97.3 Å². The molecule has 0 radical (unpaired) electrons. The van der Waals surface area contributed by atoms with E-state index >= 15 is 0 Å². The highest BCUT2D eigenvalue weighted by molar-refractivity contribution is 5.48. The summed E-state index contributed by atoms with van der Waals surface area (Å²) in [6.45, 7) is 6.89. The van der Waals surface area contributed by atoms with Gasteiger partial charge >= 0.3 is 0 Å². The van der Waals surface area contributed by atoms with Crippen molar-refractivity contribution in [3.63, 3.8) is 0 Å². The zero-order valence-electron chi connectivity index (χ0n) is 10.5. The van der Waals surface area contributed by atoms with Crippen LogP contribution in [0.15, 0.2) is 24.3 Å². The van der Waals surface area contributed by atoms with Crippen LogP contribution in [-0.4, -0.2) is 19.1 Å². The number of benzene rings is 1. The molecule has 0 heterocycles. The zero-order valence-corrected chi connectivity index (χ0v) is 10.5. The molecule has 2 nitrogen and oxygen atoms in total. The standard InChI is InChI=1S/C13H21FN2/c1-10(2)13(3,9-15)16(4)12-7-5-6-11(14)8-12/h5-8,10H,9,15H2,1-4H3. The lowest BCUT2D eigenvalue weighted by atomic mass is 9.86. The quantitative estimate of drug-likeness (QED) is 0.852. The first-order valence-electron chi connectivity index (χ1n) is 5.61. The second-order valence-electron chi connectivity index (χ2n) is 4.75. The number of anilines is 1. The zero-order chi connectivity index (χ0) is 12.3. The first kappa shape index (κ1) is 13.0. The van der Waals surface area contributed by atoms with E-state index in [2.05, 4.69) is 25.7 Å². The van der Waals surface area contributed by atoms with Gasteiger partial charge in [0.25, 0.3) is 0 Å². The molecule has 0 spiro atoms. The molecular formula is C13H21FN2. The summed E-state index contributed by atoms with van der Waals surface area (Å²) in [5.41, 5.74) is 6.55. The molecule has 16 heavy (non-hydrogen) atoms. The SMILES string of the molecule is CC(C)C(C)(CN)N(C)c1cccc(F)c1. The Morgan fingerprint density at radius 1 is 1.44 bits per heavy atom. The maximum Gasteiger partial charge on any atom is 0.125 e. The third kappa shape index (κ3) is 2.35. The summed E-state index contributed by atoms with van der Waals surface area (Å²) in [6.07, 6.45) is 0. The van der Waals surface area contributed by atoms with Crippen molar-refractivity contribution in [1.82, 2.24) is 0 Å². The molecule has 1 aromatic rings. The van der Waals surface area contributed by atoms with Gasteiger partial charge in [-0.05, 0) is 31.0 Å². The smallest absolute Gasteiger partial charge is 0.125 e. The first-order valence-corrected chi connectivity index (χ1v) is 5.61. The number of likely N-dealkylation sites (N-methyl/N-ethyl adjacent to an activating group) is 1. The fourth-order valence-electron chi connectivity index (χ4n) is 1.74. The number of rotatable bonds is 4. The Bertz CT molecular complexity index is 352. The summed E-state index contributed by atoms with van der Waals surface area (Å²) in [6, 6.07) is 6.61. The second-order valence-corrected chi connectivity index (χ2v) is 4.75. The van der Waals surface area contributed by atoms with Crippen molar-refractivity contribution in [2.75, 3.05) is 18.5 Å². The summed E-state index contributed by atoms with van der Waals surface area (Å²) >= 11 is 0. The molecule has 0 aliphatic carbocycles. The van der Waals surface area contributed by atoms with Gasteiger partial charge in [0.1, 0.15) is 5.82 Å². The highest BCUT2D eigenvalue weighted by Gasteiger charge is 2.31. The minimum atomic E-state index is -0.215. The van der Waals surface area contributed by atoms with Gasteiger partial charge in [-0.1, -0.05) is 19.9 Å². The average molecular weight is 224 g/mol. The van der Waals surface area contributed by atoms with E-state index < -0.39 is 0 Å². The van der Waals surface area contributed by atoms with Crippen LogP contribution >= 0.6 is 0 Å². The van der Waals surface area contributed by atoms with Crippen LogP contribution in [0.3, 0.4) is 0 Å². The molecule has 3 heteroatoms. The fraction of sp³-hybridized carbons (Fsp3) is 0.538. The van der Waals surface area contributed by atoms with Crippen LogP contribution < -0.4 is 10.6 Å². The van der Waals surface area contributed by atoms with Gasteiger partial charge in [0.2, 0.25) is 0 Å². The maximum absolute atomic E-state index is 13.2. The molecule has 0 saturated heterocycles. The minimum Gasteiger partial charge on any atom is -0.368 e. The van der Waals surface area contributed by atoms with Gasteiger partial charge in [-0.25, -0.2) is 4.39 Å². The Kier molecular flexibility index (Phi) is 3.92. The normalized spacial score (nSPS) is 14.9. The monoisotopic (exact) mass is 224 g/mol. The number of hydrogen-bond donors (Lipinski definition) is 1. The van der Waals surface area contributed by atoms with Crippen LogP contribution in [0.5, 0.6) is 0 Å². The predicted octanol–water partition coefficient (Wildman–Crippen LogP) is 2.64. The summed E-state index contributed by atoms with van der Waals surface area (Å²) < 4.78 is 13.2. The van der Waals surface area contributed by atoms with Gasteiger partial charge in [0.05, 0.1) is 5.54 Å². The number of nitrogens with two attached hydrogens (primary N) is 1. The lowest BCUT2D eigenvalue weighted by Crippen LogP contribution is -2.53.